The van der Waals surface area contributed by atoms with Gasteiger partial charge in [0.05, 0.1) is 10.0 Å². The second-order valence-corrected chi connectivity index (χ2v) is 5.73. The minimum Gasteiger partial charge on any atom is -0.396 e. The van der Waals surface area contributed by atoms with Crippen molar-refractivity contribution in [3.63, 3.8) is 0 Å². The van der Waals surface area contributed by atoms with Crippen LogP contribution in [0.25, 0.3) is 0 Å². The molecule has 1 heterocycles. The highest BCUT2D eigenvalue weighted by atomic mass is 35.5. The maximum Gasteiger partial charge on any atom is 0.0595 e. The third-order valence-corrected chi connectivity index (χ3v) is 4.36. The van der Waals surface area contributed by atoms with Gasteiger partial charge in [0.25, 0.3) is 0 Å². The van der Waals surface area contributed by atoms with Gasteiger partial charge in [0.15, 0.2) is 0 Å². The molecular weight excluding hydrogens is 269 g/mol. The highest BCUT2D eigenvalue weighted by Gasteiger charge is 2.22. The van der Waals surface area contributed by atoms with Gasteiger partial charge >= 0.3 is 0 Å². The average Bonchev–Trinajstić information content (AvgIpc) is 2.40. The molecule has 1 aliphatic heterocycles. The molecule has 0 radical (unpaired) electrons. The smallest absolute Gasteiger partial charge is 0.0595 e. The maximum absolute atomic E-state index is 8.89. The number of rotatable bonds is 4. The lowest BCUT2D eigenvalue weighted by molar-refractivity contribution is 0.261. The molecule has 0 aliphatic carbocycles. The number of benzene rings is 1. The van der Waals surface area contributed by atoms with Crippen LogP contribution in [0.5, 0.6) is 0 Å². The Labute approximate surface area is 118 Å². The van der Waals surface area contributed by atoms with Crippen molar-refractivity contribution in [1.29, 1.82) is 0 Å². The van der Waals surface area contributed by atoms with Crippen molar-refractivity contribution in [1.82, 2.24) is 5.32 Å². The Bertz CT molecular complexity index is 397. The van der Waals surface area contributed by atoms with E-state index in [2.05, 4.69) is 11.4 Å². The van der Waals surface area contributed by atoms with Crippen molar-refractivity contribution in [2.75, 3.05) is 13.2 Å². The van der Waals surface area contributed by atoms with Crippen LogP contribution in [0.4, 0.5) is 0 Å². The molecule has 1 aliphatic rings. The summed E-state index contributed by atoms with van der Waals surface area (Å²) in [6, 6.07) is 6.45. The Morgan fingerprint density at radius 3 is 2.83 bits per heavy atom. The summed E-state index contributed by atoms with van der Waals surface area (Å²) >= 11 is 12.0. The van der Waals surface area contributed by atoms with Crippen LogP contribution in [0, 0.1) is 0 Å². The molecule has 2 atom stereocenters. The number of hydrogen-bond acceptors (Lipinski definition) is 2. The lowest BCUT2D eigenvalue weighted by Gasteiger charge is -2.30. The molecule has 1 aromatic rings. The quantitative estimate of drug-likeness (QED) is 0.887. The van der Waals surface area contributed by atoms with Gasteiger partial charge in [-0.15, -0.1) is 0 Å². The van der Waals surface area contributed by atoms with Crippen LogP contribution in [-0.2, 0) is 0 Å². The molecular formula is C14H19Cl2NO. The zero-order valence-electron chi connectivity index (χ0n) is 10.3. The molecule has 0 saturated carbocycles. The third-order valence-electron chi connectivity index (χ3n) is 3.62. The van der Waals surface area contributed by atoms with Crippen molar-refractivity contribution >= 4 is 23.2 Å². The molecule has 0 bridgehead atoms. The fourth-order valence-corrected chi connectivity index (χ4v) is 2.94. The molecule has 2 rings (SSSR count). The Hall–Kier alpha value is -0.280. The Balaban J connectivity index is 2.01. The SMILES string of the molecule is OCCC[C@H]1C[C@@H](c2ccc(Cl)c(Cl)c2)CCN1. The van der Waals surface area contributed by atoms with Gasteiger partial charge in [0, 0.05) is 12.6 Å². The Morgan fingerprint density at radius 1 is 1.28 bits per heavy atom. The molecule has 18 heavy (non-hydrogen) atoms. The molecule has 0 amide bonds. The summed E-state index contributed by atoms with van der Waals surface area (Å²) in [5, 5.41) is 13.7. The van der Waals surface area contributed by atoms with Crippen LogP contribution >= 0.6 is 23.2 Å². The molecule has 0 unspecified atom stereocenters. The summed E-state index contributed by atoms with van der Waals surface area (Å²) in [5.41, 5.74) is 1.28. The van der Waals surface area contributed by atoms with Gasteiger partial charge < -0.3 is 10.4 Å². The molecule has 2 N–H and O–H groups in total. The fourth-order valence-electron chi connectivity index (χ4n) is 2.63. The number of aliphatic hydroxyl groups excluding tert-OH is 1. The summed E-state index contributed by atoms with van der Waals surface area (Å²) in [6.45, 7) is 1.30. The van der Waals surface area contributed by atoms with Gasteiger partial charge in [0.2, 0.25) is 0 Å². The van der Waals surface area contributed by atoms with E-state index in [9.17, 15) is 0 Å². The molecule has 4 heteroatoms. The van der Waals surface area contributed by atoms with Crippen LogP contribution in [0.3, 0.4) is 0 Å². The number of aliphatic hydroxyl groups is 1. The highest BCUT2D eigenvalue weighted by Crippen LogP contribution is 2.32. The number of nitrogens with one attached hydrogen (secondary N) is 1. The van der Waals surface area contributed by atoms with Crippen molar-refractivity contribution in [2.45, 2.75) is 37.6 Å². The molecule has 100 valence electrons. The molecule has 1 aromatic carbocycles. The van der Waals surface area contributed by atoms with Crippen molar-refractivity contribution in [3.05, 3.63) is 33.8 Å². The second-order valence-electron chi connectivity index (χ2n) is 4.91. The number of piperidine rings is 1. The molecule has 0 spiro atoms. The first-order valence-electron chi connectivity index (χ1n) is 6.50. The minimum absolute atomic E-state index is 0.273. The Kier molecular flexibility index (Phi) is 5.31. The lowest BCUT2D eigenvalue weighted by Crippen LogP contribution is -2.37. The summed E-state index contributed by atoms with van der Waals surface area (Å²) in [6.07, 6.45) is 4.14. The number of hydrogen-bond donors (Lipinski definition) is 2. The Morgan fingerprint density at radius 2 is 2.11 bits per heavy atom. The van der Waals surface area contributed by atoms with Gasteiger partial charge in [-0.3, -0.25) is 0 Å². The summed E-state index contributed by atoms with van der Waals surface area (Å²) in [7, 11) is 0. The van der Waals surface area contributed by atoms with E-state index in [0.29, 0.717) is 22.0 Å². The zero-order valence-corrected chi connectivity index (χ0v) is 11.8. The lowest BCUT2D eigenvalue weighted by atomic mass is 9.85. The molecule has 2 nitrogen and oxygen atoms in total. The van der Waals surface area contributed by atoms with E-state index in [-0.39, 0.29) is 6.61 Å². The first-order chi connectivity index (χ1) is 8.70. The van der Waals surface area contributed by atoms with Crippen LogP contribution < -0.4 is 5.32 Å². The monoisotopic (exact) mass is 287 g/mol. The largest absolute Gasteiger partial charge is 0.396 e. The van der Waals surface area contributed by atoms with E-state index in [1.807, 2.05) is 12.1 Å². The predicted molar refractivity (Wildman–Crippen MR) is 76.5 cm³/mol. The van der Waals surface area contributed by atoms with E-state index >= 15 is 0 Å². The van der Waals surface area contributed by atoms with Crippen molar-refractivity contribution in [2.24, 2.45) is 0 Å². The van der Waals surface area contributed by atoms with E-state index in [1.165, 1.54) is 5.56 Å². The molecule has 0 aromatic heterocycles. The predicted octanol–water partition coefficient (Wildman–Crippen LogP) is 3.60. The normalized spacial score (nSPS) is 24.2. The van der Waals surface area contributed by atoms with Gasteiger partial charge in [0.1, 0.15) is 0 Å². The van der Waals surface area contributed by atoms with E-state index in [0.717, 1.165) is 32.2 Å². The first kappa shape index (κ1) is 14.1. The van der Waals surface area contributed by atoms with Gasteiger partial charge in [-0.25, -0.2) is 0 Å². The first-order valence-corrected chi connectivity index (χ1v) is 7.25. The summed E-state index contributed by atoms with van der Waals surface area (Å²) in [5.74, 6) is 0.546. The van der Waals surface area contributed by atoms with E-state index in [4.69, 9.17) is 28.3 Å². The van der Waals surface area contributed by atoms with Crippen molar-refractivity contribution in [3.8, 4) is 0 Å². The fraction of sp³-hybridized carbons (Fsp3) is 0.571. The average molecular weight is 288 g/mol. The molecule has 1 fully saturated rings. The van der Waals surface area contributed by atoms with Crippen LogP contribution in [0.2, 0.25) is 10.0 Å². The summed E-state index contributed by atoms with van der Waals surface area (Å²) < 4.78 is 0. The zero-order chi connectivity index (χ0) is 13.0. The van der Waals surface area contributed by atoms with Gasteiger partial charge in [-0.05, 0) is 55.8 Å². The highest BCUT2D eigenvalue weighted by molar-refractivity contribution is 6.42. The van der Waals surface area contributed by atoms with Crippen LogP contribution in [0.15, 0.2) is 18.2 Å². The molecule has 1 saturated heterocycles. The standard InChI is InChI=1S/C14H19Cl2NO/c15-13-4-3-10(9-14(13)16)11-5-6-17-12(8-11)2-1-7-18/h3-4,9,11-12,17-18H,1-2,5-8H2/t11-,12-/m0/s1. The van der Waals surface area contributed by atoms with Gasteiger partial charge in [-0.1, -0.05) is 29.3 Å². The van der Waals surface area contributed by atoms with E-state index in [1.54, 1.807) is 0 Å². The van der Waals surface area contributed by atoms with E-state index < -0.39 is 0 Å². The maximum atomic E-state index is 8.89. The van der Waals surface area contributed by atoms with Crippen LogP contribution in [0.1, 0.15) is 37.2 Å². The minimum atomic E-state index is 0.273. The topological polar surface area (TPSA) is 32.3 Å². The van der Waals surface area contributed by atoms with Crippen molar-refractivity contribution < 1.29 is 5.11 Å². The summed E-state index contributed by atoms with van der Waals surface area (Å²) in [4.78, 5) is 0. The third kappa shape index (κ3) is 3.61. The van der Waals surface area contributed by atoms with Crippen LogP contribution in [-0.4, -0.2) is 24.3 Å². The second kappa shape index (κ2) is 6.76. The number of halogens is 2. The van der Waals surface area contributed by atoms with Gasteiger partial charge in [-0.2, -0.15) is 0 Å².